The molecule has 2 N–H and O–H groups in total. The van der Waals surface area contributed by atoms with E-state index in [0.717, 1.165) is 43.1 Å². The predicted octanol–water partition coefficient (Wildman–Crippen LogP) is 4.65. The average Bonchev–Trinajstić information content (AvgIpc) is 3.20. The quantitative estimate of drug-likeness (QED) is 0.209. The van der Waals surface area contributed by atoms with Crippen molar-refractivity contribution in [3.8, 4) is 11.5 Å². The number of halogens is 1. The molecule has 0 spiro atoms. The highest BCUT2D eigenvalue weighted by atomic mass is 127. The van der Waals surface area contributed by atoms with Gasteiger partial charge in [0.1, 0.15) is 12.0 Å². The second-order valence-electron chi connectivity index (χ2n) is 6.22. The average molecular weight is 490 g/mol. The molecule has 5 nitrogen and oxygen atoms in total. The number of rotatable bonds is 8. The smallest absolute Gasteiger partial charge is 0.226 e. The second-order valence-corrected chi connectivity index (χ2v) is 6.22. The number of hydrogen-bond acceptors (Lipinski definition) is 3. The molecule has 0 saturated carbocycles. The maximum atomic E-state index is 5.57. The summed E-state index contributed by atoms with van der Waals surface area (Å²) < 4.78 is 5.57. The number of hydrogen-bond donors (Lipinski definition) is 2. The van der Waals surface area contributed by atoms with E-state index in [9.17, 15) is 0 Å². The highest BCUT2D eigenvalue weighted by Gasteiger charge is 2.06. The van der Waals surface area contributed by atoms with Crippen LogP contribution in [-0.4, -0.2) is 24.0 Å². The van der Waals surface area contributed by atoms with Crippen LogP contribution in [0.1, 0.15) is 24.6 Å². The fraction of sp³-hybridized carbons (Fsp3) is 0.273. The van der Waals surface area contributed by atoms with E-state index >= 15 is 0 Å². The molecule has 1 heterocycles. The normalized spacial score (nSPS) is 11.0. The Hall–Kier alpha value is -2.35. The first-order chi connectivity index (χ1) is 13.3. The van der Waals surface area contributed by atoms with Gasteiger partial charge in [0.2, 0.25) is 5.89 Å². The summed E-state index contributed by atoms with van der Waals surface area (Å²) in [5, 5.41) is 6.65. The summed E-state index contributed by atoms with van der Waals surface area (Å²) in [4.78, 5) is 9.13. The number of aromatic nitrogens is 1. The minimum Gasteiger partial charge on any atom is -0.444 e. The van der Waals surface area contributed by atoms with Crippen LogP contribution >= 0.6 is 24.0 Å². The second kappa shape index (κ2) is 12.2. The molecule has 0 aliphatic heterocycles. The molecule has 0 bridgehead atoms. The first-order valence-electron chi connectivity index (χ1n) is 9.41. The number of oxazole rings is 1. The molecule has 0 radical (unpaired) electrons. The SMILES string of the molecule is CCNC(=NCc1coc(-c2ccccc2)n1)NCCCc1ccccc1.I. The highest BCUT2D eigenvalue weighted by molar-refractivity contribution is 14.0. The molecule has 0 fully saturated rings. The lowest BCUT2D eigenvalue weighted by molar-refractivity contribution is 0.572. The van der Waals surface area contributed by atoms with Crippen molar-refractivity contribution in [1.82, 2.24) is 15.6 Å². The third kappa shape index (κ3) is 6.99. The van der Waals surface area contributed by atoms with E-state index in [-0.39, 0.29) is 24.0 Å². The summed E-state index contributed by atoms with van der Waals surface area (Å²) in [5.74, 6) is 1.43. The Bertz CT molecular complexity index is 834. The Kier molecular flexibility index (Phi) is 9.54. The summed E-state index contributed by atoms with van der Waals surface area (Å²) in [6.07, 6.45) is 3.78. The van der Waals surface area contributed by atoms with E-state index in [0.29, 0.717) is 12.4 Å². The van der Waals surface area contributed by atoms with Crippen LogP contribution in [0, 0.1) is 0 Å². The minimum atomic E-state index is 0. The molecule has 28 heavy (non-hydrogen) atoms. The zero-order chi connectivity index (χ0) is 18.7. The van der Waals surface area contributed by atoms with Gasteiger partial charge in [0.05, 0.1) is 6.54 Å². The molecule has 6 heteroatoms. The van der Waals surface area contributed by atoms with Crippen LogP contribution in [0.15, 0.2) is 76.3 Å². The largest absolute Gasteiger partial charge is 0.444 e. The van der Waals surface area contributed by atoms with E-state index in [1.54, 1.807) is 6.26 Å². The van der Waals surface area contributed by atoms with Gasteiger partial charge in [0.15, 0.2) is 5.96 Å². The summed E-state index contributed by atoms with van der Waals surface area (Å²) >= 11 is 0. The van der Waals surface area contributed by atoms with E-state index in [4.69, 9.17) is 4.42 Å². The molecule has 3 aromatic rings. The van der Waals surface area contributed by atoms with Gasteiger partial charge in [-0.15, -0.1) is 24.0 Å². The first kappa shape index (κ1) is 21.9. The van der Waals surface area contributed by atoms with E-state index in [2.05, 4.69) is 51.8 Å². The zero-order valence-corrected chi connectivity index (χ0v) is 18.4. The predicted molar refractivity (Wildman–Crippen MR) is 125 cm³/mol. The van der Waals surface area contributed by atoms with Crippen molar-refractivity contribution in [2.24, 2.45) is 4.99 Å². The Morgan fingerprint density at radius 1 is 1.00 bits per heavy atom. The molecule has 0 amide bonds. The Morgan fingerprint density at radius 2 is 1.71 bits per heavy atom. The van der Waals surface area contributed by atoms with E-state index < -0.39 is 0 Å². The van der Waals surface area contributed by atoms with Crippen LogP contribution in [0.4, 0.5) is 0 Å². The van der Waals surface area contributed by atoms with Crippen LogP contribution in [0.5, 0.6) is 0 Å². The van der Waals surface area contributed by atoms with Crippen molar-refractivity contribution in [1.29, 1.82) is 0 Å². The summed E-state index contributed by atoms with van der Waals surface area (Å²) in [7, 11) is 0. The van der Waals surface area contributed by atoms with Crippen molar-refractivity contribution in [3.05, 3.63) is 78.2 Å². The maximum absolute atomic E-state index is 5.57. The summed E-state index contributed by atoms with van der Waals surface area (Å²) in [6, 6.07) is 20.4. The number of guanidine groups is 1. The summed E-state index contributed by atoms with van der Waals surface area (Å²) in [6.45, 7) is 4.22. The van der Waals surface area contributed by atoms with Gasteiger partial charge < -0.3 is 15.1 Å². The maximum Gasteiger partial charge on any atom is 0.226 e. The Balaban J connectivity index is 0.00000280. The van der Waals surface area contributed by atoms with Crippen LogP contribution in [0.2, 0.25) is 0 Å². The van der Waals surface area contributed by atoms with Crippen molar-refractivity contribution in [2.75, 3.05) is 13.1 Å². The van der Waals surface area contributed by atoms with Gasteiger partial charge in [-0.1, -0.05) is 48.5 Å². The van der Waals surface area contributed by atoms with Gasteiger partial charge in [0.25, 0.3) is 0 Å². The monoisotopic (exact) mass is 490 g/mol. The Labute approximate surface area is 183 Å². The fourth-order valence-electron chi connectivity index (χ4n) is 2.74. The van der Waals surface area contributed by atoms with Crippen LogP contribution < -0.4 is 10.6 Å². The molecule has 148 valence electrons. The van der Waals surface area contributed by atoms with Crippen molar-refractivity contribution in [3.63, 3.8) is 0 Å². The number of benzene rings is 2. The van der Waals surface area contributed by atoms with Crippen LogP contribution in [0.25, 0.3) is 11.5 Å². The lowest BCUT2D eigenvalue weighted by atomic mass is 10.1. The topological polar surface area (TPSA) is 62.5 Å². The van der Waals surface area contributed by atoms with Gasteiger partial charge in [-0.25, -0.2) is 9.98 Å². The van der Waals surface area contributed by atoms with E-state index in [1.165, 1.54) is 5.56 Å². The third-order valence-electron chi connectivity index (χ3n) is 4.09. The van der Waals surface area contributed by atoms with Gasteiger partial charge >= 0.3 is 0 Å². The molecule has 1 aromatic heterocycles. The van der Waals surface area contributed by atoms with Gasteiger partial charge in [-0.2, -0.15) is 0 Å². The minimum absolute atomic E-state index is 0. The summed E-state index contributed by atoms with van der Waals surface area (Å²) in [5.41, 5.74) is 3.14. The molecule has 0 aliphatic carbocycles. The lowest BCUT2D eigenvalue weighted by Crippen LogP contribution is -2.37. The molecule has 3 rings (SSSR count). The standard InChI is InChI=1S/C22H26N4O.HI/c1-2-23-22(24-15-9-12-18-10-5-3-6-11-18)25-16-20-17-27-21(26-20)19-13-7-4-8-14-19;/h3-8,10-11,13-14,17H,2,9,12,15-16H2,1H3,(H2,23,24,25);1H. The molecule has 0 saturated heterocycles. The van der Waals surface area contributed by atoms with E-state index in [1.807, 2.05) is 36.4 Å². The number of nitrogens with one attached hydrogen (secondary N) is 2. The van der Waals surface area contributed by atoms with Gasteiger partial charge in [-0.3, -0.25) is 0 Å². The van der Waals surface area contributed by atoms with Crippen molar-refractivity contribution >= 4 is 29.9 Å². The van der Waals surface area contributed by atoms with Crippen molar-refractivity contribution < 1.29 is 4.42 Å². The van der Waals surface area contributed by atoms with Crippen LogP contribution in [-0.2, 0) is 13.0 Å². The Morgan fingerprint density at radius 3 is 2.43 bits per heavy atom. The number of nitrogens with zero attached hydrogens (tertiary/aromatic N) is 2. The zero-order valence-electron chi connectivity index (χ0n) is 16.1. The number of aliphatic imine (C=N–C) groups is 1. The molecule has 2 aromatic carbocycles. The molecule has 0 aliphatic rings. The van der Waals surface area contributed by atoms with Gasteiger partial charge in [-0.05, 0) is 37.5 Å². The van der Waals surface area contributed by atoms with Crippen LogP contribution in [0.3, 0.4) is 0 Å². The molecular weight excluding hydrogens is 463 g/mol. The highest BCUT2D eigenvalue weighted by Crippen LogP contribution is 2.18. The third-order valence-corrected chi connectivity index (χ3v) is 4.09. The van der Waals surface area contributed by atoms with Gasteiger partial charge in [0, 0.05) is 18.7 Å². The fourth-order valence-corrected chi connectivity index (χ4v) is 2.74. The molecule has 0 unspecified atom stereocenters. The molecular formula is C22H27IN4O. The lowest BCUT2D eigenvalue weighted by Gasteiger charge is -2.10. The number of aryl methyl sites for hydroxylation is 1. The van der Waals surface area contributed by atoms with Crippen molar-refractivity contribution in [2.45, 2.75) is 26.3 Å². The molecule has 0 atom stereocenters. The first-order valence-corrected chi connectivity index (χ1v) is 9.41.